The van der Waals surface area contributed by atoms with E-state index >= 15 is 0 Å². The second-order valence-corrected chi connectivity index (χ2v) is 5.17. The zero-order valence-electron chi connectivity index (χ0n) is 11.8. The van der Waals surface area contributed by atoms with E-state index < -0.39 is 6.36 Å². The average Bonchev–Trinajstić information content (AvgIpc) is 2.69. The smallest absolute Gasteiger partial charge is 0.404 e. The maximum atomic E-state index is 12.4. The maximum absolute atomic E-state index is 12.4. The van der Waals surface area contributed by atoms with Crippen LogP contribution in [0.5, 0.6) is 5.75 Å². The normalized spacial score (nSPS) is 19.4. The van der Waals surface area contributed by atoms with Gasteiger partial charge in [0.05, 0.1) is 11.7 Å². The van der Waals surface area contributed by atoms with Crippen molar-refractivity contribution in [2.75, 3.05) is 11.4 Å². The van der Waals surface area contributed by atoms with E-state index in [0.717, 1.165) is 0 Å². The number of ether oxygens (including phenoxy) is 1. The van der Waals surface area contributed by atoms with Gasteiger partial charge in [0.15, 0.2) is 5.75 Å². The Morgan fingerprint density at radius 1 is 1.33 bits per heavy atom. The second-order valence-electron chi connectivity index (χ2n) is 5.17. The topological polar surface area (TPSA) is 41.6 Å². The number of hydrogen-bond acceptors (Lipinski definition) is 3. The lowest BCUT2D eigenvalue weighted by molar-refractivity contribution is -0.274. The monoisotopic (exact) mass is 302 g/mol. The number of anilines is 1. The van der Waals surface area contributed by atoms with Gasteiger partial charge in [0.1, 0.15) is 0 Å². The summed E-state index contributed by atoms with van der Waals surface area (Å²) in [5, 5.41) is 3.10. The average molecular weight is 302 g/mol. The van der Waals surface area contributed by atoms with Crippen molar-refractivity contribution in [2.24, 2.45) is 0 Å². The number of carbonyl (C=O) groups excluding carboxylic acids is 1. The van der Waals surface area contributed by atoms with E-state index in [2.05, 4.69) is 10.1 Å². The minimum atomic E-state index is -4.78. The number of carbonyl (C=O) groups is 1. The van der Waals surface area contributed by atoms with Crippen LogP contribution in [-0.4, -0.2) is 30.9 Å². The van der Waals surface area contributed by atoms with Gasteiger partial charge in [0.25, 0.3) is 0 Å². The summed E-state index contributed by atoms with van der Waals surface area (Å²) in [7, 11) is 0. The summed E-state index contributed by atoms with van der Waals surface area (Å²) in [6.45, 7) is 4.19. The summed E-state index contributed by atoms with van der Waals surface area (Å²) in [6, 6.07) is 5.43. The molecule has 0 saturated carbocycles. The molecule has 1 aromatic rings. The van der Waals surface area contributed by atoms with Crippen LogP contribution in [0.25, 0.3) is 0 Å². The van der Waals surface area contributed by atoms with Crippen LogP contribution in [0.15, 0.2) is 24.3 Å². The molecule has 1 amide bonds. The fourth-order valence-corrected chi connectivity index (χ4v) is 2.37. The Labute approximate surface area is 120 Å². The molecule has 0 aromatic heterocycles. The molecular weight excluding hydrogens is 285 g/mol. The predicted molar refractivity (Wildman–Crippen MR) is 72.2 cm³/mol. The van der Waals surface area contributed by atoms with Crippen LogP contribution in [0.2, 0.25) is 0 Å². The first-order chi connectivity index (χ1) is 9.78. The van der Waals surface area contributed by atoms with Crippen LogP contribution < -0.4 is 15.0 Å². The largest absolute Gasteiger partial charge is 0.573 e. The van der Waals surface area contributed by atoms with Gasteiger partial charge in [-0.3, -0.25) is 4.79 Å². The molecule has 1 unspecified atom stereocenters. The zero-order chi connectivity index (χ0) is 15.6. The quantitative estimate of drug-likeness (QED) is 0.930. The number of rotatable bonds is 4. The van der Waals surface area contributed by atoms with Crippen LogP contribution in [0.1, 0.15) is 20.3 Å². The zero-order valence-corrected chi connectivity index (χ0v) is 11.8. The molecule has 2 rings (SSSR count). The van der Waals surface area contributed by atoms with E-state index in [1.165, 1.54) is 23.1 Å². The summed E-state index contributed by atoms with van der Waals surface area (Å²) in [4.78, 5) is 13.6. The van der Waals surface area contributed by atoms with Crippen LogP contribution >= 0.6 is 0 Å². The number of benzene rings is 1. The molecule has 1 N–H and O–H groups in total. The van der Waals surface area contributed by atoms with Crippen molar-refractivity contribution in [3.63, 3.8) is 0 Å². The lowest BCUT2D eigenvalue weighted by Gasteiger charge is -2.21. The molecule has 0 spiro atoms. The van der Waals surface area contributed by atoms with Crippen molar-refractivity contribution < 1.29 is 22.7 Å². The molecular formula is C14H17F3N2O2. The number of nitrogens with zero attached hydrogens (tertiary/aromatic N) is 1. The van der Waals surface area contributed by atoms with Gasteiger partial charge >= 0.3 is 6.36 Å². The third kappa shape index (κ3) is 3.87. The lowest BCUT2D eigenvalue weighted by Crippen LogP contribution is -2.41. The number of halogens is 3. The fourth-order valence-electron chi connectivity index (χ4n) is 2.37. The van der Waals surface area contributed by atoms with Gasteiger partial charge in [-0.15, -0.1) is 13.2 Å². The molecule has 7 heteroatoms. The molecule has 1 aliphatic rings. The Hall–Kier alpha value is -1.76. The molecule has 1 fully saturated rings. The van der Waals surface area contributed by atoms with Crippen LogP contribution in [-0.2, 0) is 4.79 Å². The van der Waals surface area contributed by atoms with Crippen LogP contribution in [0.3, 0.4) is 0 Å². The van der Waals surface area contributed by atoms with E-state index in [1.807, 2.05) is 13.8 Å². The van der Waals surface area contributed by atoms with Crippen molar-refractivity contribution in [3.05, 3.63) is 24.3 Å². The predicted octanol–water partition coefficient (Wildman–Crippen LogP) is 2.69. The molecule has 116 valence electrons. The highest BCUT2D eigenvalue weighted by atomic mass is 19.4. The van der Waals surface area contributed by atoms with Crippen molar-refractivity contribution >= 4 is 11.6 Å². The Bertz CT molecular complexity index is 517. The highest BCUT2D eigenvalue weighted by Gasteiger charge is 2.37. The molecule has 1 heterocycles. The number of hydrogen-bond donors (Lipinski definition) is 1. The van der Waals surface area contributed by atoms with E-state index in [9.17, 15) is 18.0 Å². The Morgan fingerprint density at radius 3 is 2.62 bits per heavy atom. The number of amides is 1. The summed E-state index contributed by atoms with van der Waals surface area (Å²) < 4.78 is 41.2. The molecule has 4 nitrogen and oxygen atoms in total. The fraction of sp³-hybridized carbons (Fsp3) is 0.500. The van der Waals surface area contributed by atoms with E-state index in [-0.39, 0.29) is 29.4 Å². The first kappa shape index (κ1) is 15.6. The molecule has 1 aliphatic heterocycles. The SMILES string of the molecule is CC(C)NC1CCN(c2ccccc2OC(F)(F)F)C1=O. The van der Waals surface area contributed by atoms with Crippen LogP contribution in [0.4, 0.5) is 18.9 Å². The van der Waals surface area contributed by atoms with Gasteiger partial charge in [-0.2, -0.15) is 0 Å². The number of para-hydroxylation sites is 2. The van der Waals surface area contributed by atoms with Gasteiger partial charge in [-0.25, -0.2) is 0 Å². The van der Waals surface area contributed by atoms with Crippen LogP contribution in [0, 0.1) is 0 Å². The van der Waals surface area contributed by atoms with E-state index in [4.69, 9.17) is 0 Å². The third-order valence-corrected chi connectivity index (χ3v) is 3.12. The minimum Gasteiger partial charge on any atom is -0.404 e. The van der Waals surface area contributed by atoms with Gasteiger partial charge in [0.2, 0.25) is 5.91 Å². The Morgan fingerprint density at radius 2 is 2.00 bits per heavy atom. The molecule has 0 bridgehead atoms. The first-order valence-corrected chi connectivity index (χ1v) is 6.70. The highest BCUT2D eigenvalue weighted by molar-refractivity contribution is 6.00. The van der Waals surface area contributed by atoms with Gasteiger partial charge in [-0.1, -0.05) is 26.0 Å². The summed E-state index contributed by atoms with van der Waals surface area (Å²) in [5.41, 5.74) is 0.146. The number of alkyl halides is 3. The first-order valence-electron chi connectivity index (χ1n) is 6.70. The van der Waals surface area contributed by atoms with Crippen molar-refractivity contribution in [1.29, 1.82) is 0 Å². The van der Waals surface area contributed by atoms with Crippen molar-refractivity contribution in [2.45, 2.75) is 38.7 Å². The van der Waals surface area contributed by atoms with Crippen molar-refractivity contribution in [1.82, 2.24) is 5.32 Å². The highest BCUT2D eigenvalue weighted by Crippen LogP contribution is 2.34. The third-order valence-electron chi connectivity index (χ3n) is 3.12. The molecule has 21 heavy (non-hydrogen) atoms. The molecule has 1 aromatic carbocycles. The second kappa shape index (κ2) is 5.93. The molecule has 1 saturated heterocycles. The Kier molecular flexibility index (Phi) is 4.41. The summed E-state index contributed by atoms with van der Waals surface area (Å²) >= 11 is 0. The van der Waals surface area contributed by atoms with E-state index in [0.29, 0.717) is 13.0 Å². The summed E-state index contributed by atoms with van der Waals surface area (Å²) in [6.07, 6.45) is -4.23. The standard InChI is InChI=1S/C14H17F3N2O2/c1-9(2)18-10-7-8-19(13(10)20)11-5-3-4-6-12(11)21-14(15,16)17/h3-6,9-10,18H,7-8H2,1-2H3. The lowest BCUT2D eigenvalue weighted by atomic mass is 10.2. The Balaban J connectivity index is 2.21. The number of nitrogens with one attached hydrogen (secondary N) is 1. The summed E-state index contributed by atoms with van der Waals surface area (Å²) in [5.74, 6) is -0.592. The minimum absolute atomic E-state index is 0.126. The van der Waals surface area contributed by atoms with E-state index in [1.54, 1.807) is 6.07 Å². The molecule has 0 radical (unpaired) electrons. The maximum Gasteiger partial charge on any atom is 0.573 e. The molecule has 1 atom stereocenters. The van der Waals surface area contributed by atoms with Gasteiger partial charge in [0, 0.05) is 12.6 Å². The van der Waals surface area contributed by atoms with Crippen molar-refractivity contribution in [3.8, 4) is 5.75 Å². The van der Waals surface area contributed by atoms with Gasteiger partial charge in [-0.05, 0) is 18.6 Å². The molecule has 0 aliphatic carbocycles. The van der Waals surface area contributed by atoms with Gasteiger partial charge < -0.3 is 15.0 Å².